The molecule has 0 saturated carbocycles. The number of benzene rings is 3. The molecule has 0 aliphatic carbocycles. The van der Waals surface area contributed by atoms with Crippen LogP contribution in [0.5, 0.6) is 5.75 Å². The van der Waals surface area contributed by atoms with Crippen LogP contribution in [-0.4, -0.2) is 28.6 Å². The van der Waals surface area contributed by atoms with Gasteiger partial charge in [0.25, 0.3) is 17.1 Å². The van der Waals surface area contributed by atoms with E-state index in [1.54, 1.807) is 48.5 Å². The number of carbonyl (C=O) groups is 3. The predicted octanol–water partition coefficient (Wildman–Crippen LogP) is 6.97. The number of rotatable bonds is 7. The van der Waals surface area contributed by atoms with E-state index < -0.39 is 0 Å². The van der Waals surface area contributed by atoms with Crippen LogP contribution < -0.4 is 10.1 Å². The van der Waals surface area contributed by atoms with E-state index >= 15 is 0 Å². The summed E-state index contributed by atoms with van der Waals surface area (Å²) < 4.78 is 6.40. The summed E-state index contributed by atoms with van der Waals surface area (Å²) in [5.41, 5.74) is 4.33. The highest BCUT2D eigenvalue weighted by molar-refractivity contribution is 9.10. The Morgan fingerprint density at radius 2 is 1.78 bits per heavy atom. The minimum atomic E-state index is -0.362. The summed E-state index contributed by atoms with van der Waals surface area (Å²) in [5, 5.41) is 3.00. The Balaban J connectivity index is 1.35. The molecule has 36 heavy (non-hydrogen) atoms. The molecule has 4 rings (SSSR count). The topological polar surface area (TPSA) is 75.7 Å². The fraction of sp³-hybridized carbons (Fsp3) is 0.148. The Morgan fingerprint density at radius 1 is 1.08 bits per heavy atom. The third-order valence-electron chi connectivity index (χ3n) is 5.57. The molecule has 0 unspecified atom stereocenters. The maximum Gasteiger partial charge on any atom is 0.293 e. The zero-order chi connectivity index (χ0) is 25.8. The largest absolute Gasteiger partial charge is 0.484 e. The molecular weight excluding hydrogens is 564 g/mol. The Labute approximate surface area is 226 Å². The first-order valence-electron chi connectivity index (χ1n) is 11.0. The van der Waals surface area contributed by atoms with E-state index in [-0.39, 0.29) is 30.2 Å². The molecule has 0 aromatic heterocycles. The molecule has 1 N–H and O–H groups in total. The van der Waals surface area contributed by atoms with Crippen molar-refractivity contribution in [2.45, 2.75) is 20.4 Å². The SMILES string of the molecule is Cc1cc(Br)c(NC(=O)COc2ccc(/C=C3\SC(=O)N(Cc4ccccc4Cl)C3=O)cc2)cc1C. The van der Waals surface area contributed by atoms with Crippen LogP contribution in [0.1, 0.15) is 22.3 Å². The van der Waals surface area contributed by atoms with Crippen LogP contribution in [0.15, 0.2) is 70.0 Å². The highest BCUT2D eigenvalue weighted by atomic mass is 79.9. The van der Waals surface area contributed by atoms with Crippen LogP contribution in [0.25, 0.3) is 6.08 Å². The quantitative estimate of drug-likeness (QED) is 0.303. The summed E-state index contributed by atoms with van der Waals surface area (Å²) in [4.78, 5) is 39.1. The van der Waals surface area contributed by atoms with E-state index in [9.17, 15) is 14.4 Å². The molecule has 1 aliphatic heterocycles. The number of halogens is 2. The number of hydrogen-bond donors (Lipinski definition) is 1. The third-order valence-corrected chi connectivity index (χ3v) is 7.50. The van der Waals surface area contributed by atoms with Crippen LogP contribution in [0.2, 0.25) is 5.02 Å². The smallest absolute Gasteiger partial charge is 0.293 e. The summed E-state index contributed by atoms with van der Waals surface area (Å²) in [6.07, 6.45) is 1.66. The molecule has 3 amide bonds. The van der Waals surface area contributed by atoms with E-state index in [0.29, 0.717) is 26.9 Å². The number of nitrogens with zero attached hydrogens (tertiary/aromatic N) is 1. The van der Waals surface area contributed by atoms with E-state index in [1.165, 1.54) is 4.90 Å². The fourth-order valence-electron chi connectivity index (χ4n) is 3.46. The van der Waals surface area contributed by atoms with Crippen molar-refractivity contribution in [2.24, 2.45) is 0 Å². The first kappa shape index (κ1) is 26.0. The lowest BCUT2D eigenvalue weighted by Gasteiger charge is -2.13. The summed E-state index contributed by atoms with van der Waals surface area (Å²) in [6, 6.07) is 17.9. The van der Waals surface area contributed by atoms with Crippen molar-refractivity contribution in [2.75, 3.05) is 11.9 Å². The van der Waals surface area contributed by atoms with Gasteiger partial charge in [0.1, 0.15) is 5.75 Å². The Bertz CT molecular complexity index is 1370. The number of amides is 3. The normalized spacial score (nSPS) is 14.4. The van der Waals surface area contributed by atoms with Crippen molar-refractivity contribution >= 4 is 68.1 Å². The maximum atomic E-state index is 12.8. The zero-order valence-electron chi connectivity index (χ0n) is 19.5. The summed E-state index contributed by atoms with van der Waals surface area (Å²) in [5.74, 6) is -0.136. The summed E-state index contributed by atoms with van der Waals surface area (Å²) in [7, 11) is 0. The van der Waals surface area contributed by atoms with Crippen molar-refractivity contribution < 1.29 is 19.1 Å². The van der Waals surface area contributed by atoms with Crippen LogP contribution in [0.4, 0.5) is 10.5 Å². The van der Waals surface area contributed by atoms with Gasteiger partial charge >= 0.3 is 0 Å². The van der Waals surface area contributed by atoms with Gasteiger partial charge in [0.05, 0.1) is 17.1 Å². The molecule has 1 fully saturated rings. The van der Waals surface area contributed by atoms with Crippen molar-refractivity contribution in [1.82, 2.24) is 4.90 Å². The molecule has 184 valence electrons. The van der Waals surface area contributed by atoms with Gasteiger partial charge < -0.3 is 10.1 Å². The molecule has 0 spiro atoms. The van der Waals surface area contributed by atoms with E-state index in [1.807, 2.05) is 32.0 Å². The van der Waals surface area contributed by atoms with Crippen LogP contribution >= 0.6 is 39.3 Å². The maximum absolute atomic E-state index is 12.8. The minimum Gasteiger partial charge on any atom is -0.484 e. The average Bonchev–Trinajstić information content (AvgIpc) is 3.10. The van der Waals surface area contributed by atoms with Gasteiger partial charge in [-0.05, 0) is 100 Å². The highest BCUT2D eigenvalue weighted by Crippen LogP contribution is 2.34. The number of anilines is 1. The van der Waals surface area contributed by atoms with Gasteiger partial charge in [-0.1, -0.05) is 41.9 Å². The Morgan fingerprint density at radius 3 is 2.50 bits per heavy atom. The molecule has 1 aliphatic rings. The van der Waals surface area contributed by atoms with E-state index in [4.69, 9.17) is 16.3 Å². The molecule has 0 bridgehead atoms. The Hall–Kier alpha value is -3.07. The van der Waals surface area contributed by atoms with Gasteiger partial charge in [-0.3, -0.25) is 19.3 Å². The molecule has 0 atom stereocenters. The lowest BCUT2D eigenvalue weighted by Crippen LogP contribution is -2.27. The molecule has 1 heterocycles. The van der Waals surface area contributed by atoms with Crippen LogP contribution in [0, 0.1) is 13.8 Å². The van der Waals surface area contributed by atoms with Crippen molar-refractivity contribution in [3.05, 3.63) is 97.3 Å². The fourth-order valence-corrected chi connectivity index (χ4v) is 5.05. The lowest BCUT2D eigenvalue weighted by molar-refractivity contribution is -0.123. The number of ether oxygens (including phenoxy) is 1. The number of thioether (sulfide) groups is 1. The number of imide groups is 1. The molecule has 3 aromatic carbocycles. The number of nitrogens with one attached hydrogen (secondary N) is 1. The van der Waals surface area contributed by atoms with Gasteiger partial charge in [0.15, 0.2) is 6.61 Å². The van der Waals surface area contributed by atoms with Gasteiger partial charge in [-0.2, -0.15) is 0 Å². The molecular formula is C27H22BrClN2O4S. The predicted molar refractivity (Wildman–Crippen MR) is 147 cm³/mol. The Kier molecular flexibility index (Phi) is 8.18. The number of carbonyl (C=O) groups excluding carboxylic acids is 3. The summed E-state index contributed by atoms with van der Waals surface area (Å²) in [6.45, 7) is 3.95. The molecule has 6 nitrogen and oxygen atoms in total. The van der Waals surface area contributed by atoms with Gasteiger partial charge in [-0.15, -0.1) is 0 Å². The van der Waals surface area contributed by atoms with Crippen LogP contribution in [-0.2, 0) is 16.1 Å². The standard InChI is InChI=1S/C27H22BrClN2O4S/c1-16-11-21(28)23(12-17(16)2)30-25(32)15-35-20-9-7-18(8-10-20)13-24-26(33)31(27(34)36-24)14-19-5-3-4-6-22(19)29/h3-13H,14-15H2,1-2H3,(H,30,32)/b24-13-. The van der Waals surface area contributed by atoms with Crippen molar-refractivity contribution in [3.8, 4) is 5.75 Å². The molecule has 9 heteroatoms. The summed E-state index contributed by atoms with van der Waals surface area (Å²) >= 11 is 10.5. The first-order valence-corrected chi connectivity index (χ1v) is 13.0. The number of hydrogen-bond acceptors (Lipinski definition) is 5. The van der Waals surface area contributed by atoms with Gasteiger partial charge in [0.2, 0.25) is 0 Å². The van der Waals surface area contributed by atoms with Crippen molar-refractivity contribution in [3.63, 3.8) is 0 Å². The second kappa shape index (κ2) is 11.3. The molecule has 3 aromatic rings. The second-order valence-electron chi connectivity index (χ2n) is 8.18. The van der Waals surface area contributed by atoms with E-state index in [2.05, 4.69) is 21.2 Å². The second-order valence-corrected chi connectivity index (χ2v) is 10.4. The van der Waals surface area contributed by atoms with E-state index in [0.717, 1.165) is 32.9 Å². The first-order chi connectivity index (χ1) is 17.2. The zero-order valence-corrected chi connectivity index (χ0v) is 22.7. The molecule has 1 saturated heterocycles. The minimum absolute atomic E-state index is 0.120. The average molecular weight is 586 g/mol. The van der Waals surface area contributed by atoms with Crippen LogP contribution in [0.3, 0.4) is 0 Å². The number of aryl methyl sites for hydroxylation is 2. The van der Waals surface area contributed by atoms with Gasteiger partial charge in [0, 0.05) is 9.50 Å². The molecule has 0 radical (unpaired) electrons. The third kappa shape index (κ3) is 6.19. The monoisotopic (exact) mass is 584 g/mol. The van der Waals surface area contributed by atoms with Gasteiger partial charge in [-0.25, -0.2) is 0 Å². The van der Waals surface area contributed by atoms with Crippen molar-refractivity contribution in [1.29, 1.82) is 0 Å². The highest BCUT2D eigenvalue weighted by Gasteiger charge is 2.35. The lowest BCUT2D eigenvalue weighted by atomic mass is 10.1.